The monoisotopic (exact) mass is 428 g/mol. The molecule has 0 spiro atoms. The molecule has 1 aromatic heterocycles. The summed E-state index contributed by atoms with van der Waals surface area (Å²) in [4.78, 5) is 21.3. The fourth-order valence-electron chi connectivity index (χ4n) is 2.99. The maximum atomic E-state index is 13.0. The molecular formula is C20H21BrN4O2. The van der Waals surface area contributed by atoms with Crippen LogP contribution in [0.15, 0.2) is 41.0 Å². The number of anilines is 1. The average molecular weight is 429 g/mol. The van der Waals surface area contributed by atoms with E-state index >= 15 is 0 Å². The Morgan fingerprint density at radius 2 is 1.96 bits per heavy atom. The molecule has 2 heterocycles. The van der Waals surface area contributed by atoms with Crippen molar-refractivity contribution in [1.82, 2.24) is 9.88 Å². The van der Waals surface area contributed by atoms with E-state index in [0.29, 0.717) is 43.1 Å². The van der Waals surface area contributed by atoms with Crippen LogP contribution in [0.4, 0.5) is 5.82 Å². The van der Waals surface area contributed by atoms with Crippen molar-refractivity contribution in [3.63, 3.8) is 0 Å². The van der Waals surface area contributed by atoms with Gasteiger partial charge in [0.15, 0.2) is 0 Å². The zero-order valence-corrected chi connectivity index (χ0v) is 16.9. The predicted octanol–water partition coefficient (Wildman–Crippen LogP) is 3.47. The molecule has 0 unspecified atom stereocenters. The summed E-state index contributed by atoms with van der Waals surface area (Å²) in [6.07, 6.45) is 1.63. The molecule has 0 radical (unpaired) electrons. The number of rotatable bonds is 4. The minimum atomic E-state index is -0.0310. The quantitative estimate of drug-likeness (QED) is 0.745. The number of hydrogen-bond donors (Lipinski definition) is 0. The number of aromatic nitrogens is 1. The Hall–Kier alpha value is -2.59. The fraction of sp³-hybridized carbons (Fsp3) is 0.350. The number of hydrogen-bond acceptors (Lipinski definition) is 5. The molecule has 1 aromatic carbocycles. The molecule has 0 saturated carbocycles. The van der Waals surface area contributed by atoms with Gasteiger partial charge in [-0.05, 0) is 44.2 Å². The van der Waals surface area contributed by atoms with Crippen molar-refractivity contribution in [2.75, 3.05) is 31.1 Å². The molecule has 1 aliphatic rings. The molecule has 0 atom stereocenters. The molecule has 140 valence electrons. The Kier molecular flexibility index (Phi) is 5.97. The molecule has 7 heteroatoms. The van der Waals surface area contributed by atoms with Crippen LogP contribution in [0, 0.1) is 11.3 Å². The van der Waals surface area contributed by atoms with E-state index in [9.17, 15) is 4.79 Å². The number of ether oxygens (including phenoxy) is 1. The topological polar surface area (TPSA) is 69.5 Å². The molecule has 1 aliphatic heterocycles. The SMILES string of the molecule is CC(C)Oc1cc(Br)ccc1C(=O)N1CCN(c2cc(C#N)ccn2)CC1. The first-order chi connectivity index (χ1) is 13.0. The summed E-state index contributed by atoms with van der Waals surface area (Å²) in [6, 6.07) is 11.1. The molecule has 2 aromatic rings. The maximum absolute atomic E-state index is 13.0. The number of carbonyl (C=O) groups excluding carboxylic acids is 1. The highest BCUT2D eigenvalue weighted by Crippen LogP contribution is 2.27. The molecule has 3 rings (SSSR count). The maximum Gasteiger partial charge on any atom is 0.257 e. The predicted molar refractivity (Wildman–Crippen MR) is 107 cm³/mol. The van der Waals surface area contributed by atoms with Crippen LogP contribution >= 0.6 is 15.9 Å². The summed E-state index contributed by atoms with van der Waals surface area (Å²) in [5.74, 6) is 1.33. The lowest BCUT2D eigenvalue weighted by atomic mass is 10.1. The Morgan fingerprint density at radius 1 is 1.22 bits per heavy atom. The van der Waals surface area contributed by atoms with E-state index in [2.05, 4.69) is 31.9 Å². The summed E-state index contributed by atoms with van der Waals surface area (Å²) in [5.41, 5.74) is 1.16. The number of carbonyl (C=O) groups is 1. The number of pyridine rings is 1. The van der Waals surface area contributed by atoms with Crippen molar-refractivity contribution in [1.29, 1.82) is 5.26 Å². The highest BCUT2D eigenvalue weighted by molar-refractivity contribution is 9.10. The molecular weight excluding hydrogens is 408 g/mol. The van der Waals surface area contributed by atoms with Gasteiger partial charge in [-0.3, -0.25) is 4.79 Å². The van der Waals surface area contributed by atoms with Gasteiger partial charge in [0, 0.05) is 36.8 Å². The van der Waals surface area contributed by atoms with Crippen LogP contribution in [0.3, 0.4) is 0 Å². The van der Waals surface area contributed by atoms with Crippen molar-refractivity contribution in [3.05, 3.63) is 52.1 Å². The second-order valence-electron chi connectivity index (χ2n) is 6.60. The van der Waals surface area contributed by atoms with Crippen LogP contribution in [0.25, 0.3) is 0 Å². The van der Waals surface area contributed by atoms with E-state index in [-0.39, 0.29) is 12.0 Å². The Bertz CT molecular complexity index is 871. The van der Waals surface area contributed by atoms with Gasteiger partial charge in [0.25, 0.3) is 5.91 Å². The third-order valence-corrected chi connectivity index (χ3v) is 4.80. The summed E-state index contributed by atoms with van der Waals surface area (Å²) in [6.45, 7) is 6.41. The minimum absolute atomic E-state index is 0.0128. The lowest BCUT2D eigenvalue weighted by Gasteiger charge is -2.35. The largest absolute Gasteiger partial charge is 0.490 e. The van der Waals surface area contributed by atoms with Gasteiger partial charge >= 0.3 is 0 Å². The number of benzene rings is 1. The van der Waals surface area contributed by atoms with Crippen LogP contribution in [0.1, 0.15) is 29.8 Å². The fourth-order valence-corrected chi connectivity index (χ4v) is 3.33. The van der Waals surface area contributed by atoms with Crippen LogP contribution in [0.2, 0.25) is 0 Å². The van der Waals surface area contributed by atoms with Crippen LogP contribution < -0.4 is 9.64 Å². The summed E-state index contributed by atoms with van der Waals surface area (Å²) in [7, 11) is 0. The van der Waals surface area contributed by atoms with Gasteiger partial charge in [0.1, 0.15) is 11.6 Å². The molecule has 1 amide bonds. The summed E-state index contributed by atoms with van der Waals surface area (Å²) >= 11 is 3.44. The van der Waals surface area contributed by atoms with Crippen molar-refractivity contribution < 1.29 is 9.53 Å². The van der Waals surface area contributed by atoms with Gasteiger partial charge in [-0.15, -0.1) is 0 Å². The van der Waals surface area contributed by atoms with Gasteiger partial charge in [-0.2, -0.15) is 5.26 Å². The van der Waals surface area contributed by atoms with Crippen molar-refractivity contribution >= 4 is 27.7 Å². The molecule has 1 saturated heterocycles. The van der Waals surface area contributed by atoms with Gasteiger partial charge in [-0.1, -0.05) is 15.9 Å². The van der Waals surface area contributed by atoms with Crippen molar-refractivity contribution in [2.45, 2.75) is 20.0 Å². The first-order valence-electron chi connectivity index (χ1n) is 8.84. The molecule has 27 heavy (non-hydrogen) atoms. The number of halogens is 1. The lowest BCUT2D eigenvalue weighted by Crippen LogP contribution is -2.49. The lowest BCUT2D eigenvalue weighted by molar-refractivity contribution is 0.0740. The second-order valence-corrected chi connectivity index (χ2v) is 7.52. The number of amides is 1. The molecule has 6 nitrogen and oxygen atoms in total. The van der Waals surface area contributed by atoms with E-state index in [1.807, 2.05) is 30.9 Å². The van der Waals surface area contributed by atoms with Crippen LogP contribution in [-0.2, 0) is 0 Å². The van der Waals surface area contributed by atoms with Gasteiger partial charge < -0.3 is 14.5 Å². The third kappa shape index (κ3) is 4.58. The highest BCUT2D eigenvalue weighted by Gasteiger charge is 2.25. The van der Waals surface area contributed by atoms with E-state index in [1.165, 1.54) is 0 Å². The third-order valence-electron chi connectivity index (χ3n) is 4.30. The van der Waals surface area contributed by atoms with Crippen molar-refractivity contribution in [3.8, 4) is 11.8 Å². The highest BCUT2D eigenvalue weighted by atomic mass is 79.9. The Morgan fingerprint density at radius 3 is 2.63 bits per heavy atom. The van der Waals surface area contributed by atoms with E-state index in [4.69, 9.17) is 10.00 Å². The molecule has 0 aliphatic carbocycles. The first-order valence-corrected chi connectivity index (χ1v) is 9.64. The van der Waals surface area contributed by atoms with Gasteiger partial charge in [0.05, 0.1) is 23.3 Å². The minimum Gasteiger partial charge on any atom is -0.490 e. The van der Waals surface area contributed by atoms with E-state index < -0.39 is 0 Å². The molecule has 1 fully saturated rings. The smallest absolute Gasteiger partial charge is 0.257 e. The Balaban J connectivity index is 1.71. The normalized spacial score (nSPS) is 14.2. The van der Waals surface area contributed by atoms with E-state index in [1.54, 1.807) is 24.4 Å². The summed E-state index contributed by atoms with van der Waals surface area (Å²) < 4.78 is 6.70. The van der Waals surface area contributed by atoms with Gasteiger partial charge in [0.2, 0.25) is 0 Å². The number of piperazine rings is 1. The van der Waals surface area contributed by atoms with Gasteiger partial charge in [-0.25, -0.2) is 4.98 Å². The zero-order chi connectivity index (χ0) is 19.4. The van der Waals surface area contributed by atoms with Crippen molar-refractivity contribution in [2.24, 2.45) is 0 Å². The van der Waals surface area contributed by atoms with Crippen LogP contribution in [-0.4, -0.2) is 48.1 Å². The number of nitriles is 1. The zero-order valence-electron chi connectivity index (χ0n) is 15.4. The van der Waals surface area contributed by atoms with Crippen LogP contribution in [0.5, 0.6) is 5.75 Å². The molecule has 0 N–H and O–H groups in total. The Labute approximate surface area is 167 Å². The number of nitrogens with zero attached hydrogens (tertiary/aromatic N) is 4. The summed E-state index contributed by atoms with van der Waals surface area (Å²) in [5, 5.41) is 9.04. The van der Waals surface area contributed by atoms with E-state index in [0.717, 1.165) is 10.3 Å². The standard InChI is InChI=1S/C20H21BrN4O2/c1-14(2)27-18-12-16(21)3-4-17(18)20(26)25-9-7-24(8-10-25)19-11-15(13-22)5-6-23-19/h3-6,11-12,14H,7-10H2,1-2H3. The molecule has 0 bridgehead atoms. The second kappa shape index (κ2) is 8.40. The average Bonchev–Trinajstić information content (AvgIpc) is 2.67. The first kappa shape index (κ1) is 19.2.